The molecule has 0 bridgehead atoms. The second-order valence-electron chi connectivity index (χ2n) is 14.5. The summed E-state index contributed by atoms with van der Waals surface area (Å²) >= 11 is 0. The lowest BCUT2D eigenvalue weighted by Gasteiger charge is -2.30. The first-order valence-corrected chi connectivity index (χ1v) is 17.9. The van der Waals surface area contributed by atoms with Crippen LogP contribution in [0.5, 0.6) is 0 Å². The zero-order valence-corrected chi connectivity index (χ0v) is 28.9. The maximum atomic E-state index is 6.73. The van der Waals surface area contributed by atoms with Crippen LogP contribution in [0.25, 0.3) is 76.9 Å². The van der Waals surface area contributed by atoms with E-state index >= 15 is 0 Å². The second-order valence-corrected chi connectivity index (χ2v) is 14.5. The van der Waals surface area contributed by atoms with Gasteiger partial charge in [0.25, 0.3) is 0 Å². The van der Waals surface area contributed by atoms with Crippen LogP contribution in [0.4, 0.5) is 17.1 Å². The number of hydrogen-bond donors (Lipinski definition) is 0. The number of anilines is 3. The molecule has 1 aliphatic rings. The van der Waals surface area contributed by atoms with Crippen LogP contribution in [0.1, 0.15) is 25.0 Å². The number of rotatable bonds is 4. The van der Waals surface area contributed by atoms with Crippen molar-refractivity contribution in [2.24, 2.45) is 0 Å². The summed E-state index contributed by atoms with van der Waals surface area (Å²) in [4.78, 5) is 2.39. The molecule has 0 N–H and O–H groups in total. The highest BCUT2D eigenvalue weighted by Gasteiger charge is 2.36. The number of nitrogens with zero attached hydrogens (tertiary/aromatic N) is 1. The third-order valence-corrected chi connectivity index (χ3v) is 11.2. The van der Waals surface area contributed by atoms with Crippen LogP contribution in [0.2, 0.25) is 0 Å². The van der Waals surface area contributed by atoms with E-state index in [1.807, 2.05) is 12.1 Å². The summed E-state index contributed by atoms with van der Waals surface area (Å²) in [5.74, 6) is 0. The van der Waals surface area contributed by atoms with E-state index in [-0.39, 0.29) is 5.41 Å². The molecular weight excluding hydrogens is 635 g/mol. The van der Waals surface area contributed by atoms with Crippen molar-refractivity contribution in [3.05, 3.63) is 175 Å². The average molecular weight is 668 g/mol. The van der Waals surface area contributed by atoms with Gasteiger partial charge in [-0.25, -0.2) is 0 Å². The quantitative estimate of drug-likeness (QED) is 0.187. The first-order chi connectivity index (χ1) is 25.5. The Balaban J connectivity index is 1.22. The molecule has 8 aromatic carbocycles. The van der Waals surface area contributed by atoms with Gasteiger partial charge in [-0.05, 0) is 81.1 Å². The standard InChI is InChI=1S/C49H33NO2/c1-49(2)41-18-10-8-16-35(41)36-23-21-32(26-42(36)49)50(33-22-24-38-37-17-9-11-19-44(37)51-46(38)27-33)43-29-47-40(28-39(43)30-12-4-3-5-13-30)48-34-15-7-6-14-31(34)20-25-45(48)52-47/h3-29H,1-2H3. The maximum Gasteiger partial charge on any atom is 0.137 e. The van der Waals surface area contributed by atoms with Crippen LogP contribution in [0, 0.1) is 0 Å². The number of benzene rings is 8. The topological polar surface area (TPSA) is 29.5 Å². The molecule has 10 aromatic rings. The summed E-state index contributed by atoms with van der Waals surface area (Å²) in [6.45, 7) is 4.68. The van der Waals surface area contributed by atoms with E-state index in [0.29, 0.717) is 0 Å². The summed E-state index contributed by atoms with van der Waals surface area (Å²) in [5, 5.41) is 6.86. The van der Waals surface area contributed by atoms with Crippen molar-refractivity contribution in [1.82, 2.24) is 0 Å². The van der Waals surface area contributed by atoms with Gasteiger partial charge in [-0.2, -0.15) is 0 Å². The molecule has 0 saturated carbocycles. The molecule has 0 amide bonds. The highest BCUT2D eigenvalue weighted by molar-refractivity contribution is 6.20. The monoisotopic (exact) mass is 667 g/mol. The number of para-hydroxylation sites is 1. The Morgan fingerprint density at radius 2 is 1.10 bits per heavy atom. The molecule has 2 aromatic heterocycles. The van der Waals surface area contributed by atoms with Crippen LogP contribution in [0.3, 0.4) is 0 Å². The molecular formula is C49H33NO2. The molecule has 0 radical (unpaired) electrons. The first kappa shape index (κ1) is 29.2. The van der Waals surface area contributed by atoms with Crippen LogP contribution in [-0.4, -0.2) is 0 Å². The van der Waals surface area contributed by atoms with Crippen molar-refractivity contribution >= 4 is 71.7 Å². The van der Waals surface area contributed by atoms with Gasteiger partial charge >= 0.3 is 0 Å². The lowest BCUT2D eigenvalue weighted by atomic mass is 9.82. The van der Waals surface area contributed by atoms with E-state index in [4.69, 9.17) is 8.83 Å². The van der Waals surface area contributed by atoms with Crippen LogP contribution >= 0.6 is 0 Å². The predicted molar refractivity (Wildman–Crippen MR) is 216 cm³/mol. The lowest BCUT2D eigenvalue weighted by molar-refractivity contribution is 0.660. The van der Waals surface area contributed by atoms with Crippen molar-refractivity contribution in [1.29, 1.82) is 0 Å². The Labute approximate surface area is 301 Å². The molecule has 246 valence electrons. The highest BCUT2D eigenvalue weighted by Crippen LogP contribution is 2.52. The summed E-state index contributed by atoms with van der Waals surface area (Å²) in [6.07, 6.45) is 0. The smallest absolute Gasteiger partial charge is 0.137 e. The fourth-order valence-electron chi connectivity index (χ4n) is 8.73. The summed E-state index contributed by atoms with van der Waals surface area (Å²) in [6, 6.07) is 58.8. The Kier molecular flexibility index (Phi) is 6.01. The Hall–Kier alpha value is -6.58. The fourth-order valence-corrected chi connectivity index (χ4v) is 8.73. The van der Waals surface area contributed by atoms with E-state index in [1.54, 1.807) is 0 Å². The van der Waals surface area contributed by atoms with E-state index < -0.39 is 0 Å². The minimum absolute atomic E-state index is 0.150. The molecule has 0 fully saturated rings. The third-order valence-electron chi connectivity index (χ3n) is 11.2. The van der Waals surface area contributed by atoms with Crippen molar-refractivity contribution in [3.8, 4) is 22.3 Å². The highest BCUT2D eigenvalue weighted by atomic mass is 16.3. The molecule has 11 rings (SSSR count). The van der Waals surface area contributed by atoms with E-state index in [1.165, 1.54) is 33.0 Å². The van der Waals surface area contributed by atoms with Crippen LogP contribution in [0.15, 0.2) is 173 Å². The van der Waals surface area contributed by atoms with Gasteiger partial charge in [0, 0.05) is 56.0 Å². The fraction of sp³-hybridized carbons (Fsp3) is 0.0612. The number of hydrogen-bond acceptors (Lipinski definition) is 3. The van der Waals surface area contributed by atoms with Crippen molar-refractivity contribution in [2.45, 2.75) is 19.3 Å². The SMILES string of the molecule is CC1(C)c2ccccc2-c2ccc(N(c3ccc4c(c3)oc3ccccc34)c3cc4oc5ccc6ccccc6c5c4cc3-c3ccccc3)cc21. The van der Waals surface area contributed by atoms with Gasteiger partial charge in [-0.3, -0.25) is 0 Å². The molecule has 3 nitrogen and oxygen atoms in total. The third kappa shape index (κ3) is 4.14. The van der Waals surface area contributed by atoms with Gasteiger partial charge in [0.1, 0.15) is 22.3 Å². The Bertz CT molecular complexity index is 3050. The van der Waals surface area contributed by atoms with Gasteiger partial charge in [0.05, 0.1) is 5.69 Å². The Morgan fingerprint density at radius 3 is 2.00 bits per heavy atom. The molecule has 52 heavy (non-hydrogen) atoms. The van der Waals surface area contributed by atoms with Crippen molar-refractivity contribution < 1.29 is 8.83 Å². The van der Waals surface area contributed by atoms with Gasteiger partial charge in [-0.15, -0.1) is 0 Å². The summed E-state index contributed by atoms with van der Waals surface area (Å²) in [7, 11) is 0. The molecule has 3 heteroatoms. The van der Waals surface area contributed by atoms with Gasteiger partial charge in [0.15, 0.2) is 0 Å². The maximum absolute atomic E-state index is 6.73. The average Bonchev–Trinajstić information content (AvgIpc) is 3.82. The van der Waals surface area contributed by atoms with Gasteiger partial charge in [0.2, 0.25) is 0 Å². The van der Waals surface area contributed by atoms with Crippen molar-refractivity contribution in [2.75, 3.05) is 4.90 Å². The molecule has 1 aliphatic carbocycles. The largest absolute Gasteiger partial charge is 0.456 e. The van der Waals surface area contributed by atoms with Crippen LogP contribution in [-0.2, 0) is 5.41 Å². The molecule has 0 spiro atoms. The zero-order valence-electron chi connectivity index (χ0n) is 28.9. The van der Waals surface area contributed by atoms with E-state index in [9.17, 15) is 0 Å². The molecule has 0 aliphatic heterocycles. The molecule has 0 saturated heterocycles. The lowest BCUT2D eigenvalue weighted by Crippen LogP contribution is -2.17. The normalized spacial score (nSPS) is 13.3. The van der Waals surface area contributed by atoms with E-state index in [2.05, 4.69) is 170 Å². The van der Waals surface area contributed by atoms with Gasteiger partial charge < -0.3 is 13.7 Å². The minimum atomic E-state index is -0.150. The Morgan fingerprint density at radius 1 is 0.423 bits per heavy atom. The van der Waals surface area contributed by atoms with Crippen molar-refractivity contribution in [3.63, 3.8) is 0 Å². The second kappa shape index (κ2) is 10.7. The molecule has 2 heterocycles. The summed E-state index contributed by atoms with van der Waals surface area (Å²) < 4.78 is 13.2. The van der Waals surface area contributed by atoms with E-state index in [0.717, 1.165) is 72.1 Å². The first-order valence-electron chi connectivity index (χ1n) is 17.9. The molecule has 0 unspecified atom stereocenters. The number of fused-ring (bicyclic) bond motifs is 11. The number of furan rings is 2. The molecule has 0 atom stereocenters. The minimum Gasteiger partial charge on any atom is -0.456 e. The zero-order chi connectivity index (χ0) is 34.6. The predicted octanol–water partition coefficient (Wildman–Crippen LogP) is 14.1. The van der Waals surface area contributed by atoms with Gasteiger partial charge in [-0.1, -0.05) is 123 Å². The summed E-state index contributed by atoms with van der Waals surface area (Å²) in [5.41, 5.74) is 14.0. The van der Waals surface area contributed by atoms with Crippen LogP contribution < -0.4 is 4.90 Å².